The first-order valence-electron chi connectivity index (χ1n) is 5.87. The van der Waals surface area contributed by atoms with E-state index in [-0.39, 0.29) is 0 Å². The third-order valence-corrected chi connectivity index (χ3v) is 3.95. The number of nitrogens with zero attached hydrogens (tertiary/aromatic N) is 2. The standard InChI is InChI=1S/C12H19ClN2/c1-15-9-10(8-14-15)6-7-11-4-2-3-5-12(11)13/h8-9,11-12H,2-7H2,1H3. The highest BCUT2D eigenvalue weighted by atomic mass is 35.5. The van der Waals surface area contributed by atoms with Crippen molar-refractivity contribution in [2.24, 2.45) is 13.0 Å². The van der Waals surface area contributed by atoms with Gasteiger partial charge in [0.05, 0.1) is 6.20 Å². The van der Waals surface area contributed by atoms with E-state index in [9.17, 15) is 0 Å². The number of hydrogen-bond acceptors (Lipinski definition) is 1. The van der Waals surface area contributed by atoms with Crippen molar-refractivity contribution in [2.75, 3.05) is 0 Å². The maximum absolute atomic E-state index is 6.33. The lowest BCUT2D eigenvalue weighted by Gasteiger charge is -2.26. The summed E-state index contributed by atoms with van der Waals surface area (Å²) in [6, 6.07) is 0. The fraction of sp³-hybridized carbons (Fsp3) is 0.750. The smallest absolute Gasteiger partial charge is 0.0521 e. The number of alkyl halides is 1. The zero-order valence-corrected chi connectivity index (χ0v) is 10.1. The summed E-state index contributed by atoms with van der Waals surface area (Å²) < 4.78 is 1.87. The minimum atomic E-state index is 0.412. The fourth-order valence-corrected chi connectivity index (χ4v) is 2.85. The average Bonchev–Trinajstić information content (AvgIpc) is 2.63. The first-order chi connectivity index (χ1) is 7.25. The van der Waals surface area contributed by atoms with Gasteiger partial charge in [-0.25, -0.2) is 0 Å². The quantitative estimate of drug-likeness (QED) is 0.724. The van der Waals surface area contributed by atoms with Crippen molar-refractivity contribution in [1.29, 1.82) is 0 Å². The summed E-state index contributed by atoms with van der Waals surface area (Å²) in [7, 11) is 1.97. The van der Waals surface area contributed by atoms with E-state index in [1.807, 2.05) is 17.9 Å². The van der Waals surface area contributed by atoms with Gasteiger partial charge in [0.25, 0.3) is 0 Å². The van der Waals surface area contributed by atoms with Crippen LogP contribution in [0.2, 0.25) is 0 Å². The van der Waals surface area contributed by atoms with Gasteiger partial charge in [0.1, 0.15) is 0 Å². The van der Waals surface area contributed by atoms with Gasteiger partial charge in [-0.2, -0.15) is 5.10 Å². The molecule has 0 radical (unpaired) electrons. The van der Waals surface area contributed by atoms with Crippen molar-refractivity contribution in [2.45, 2.75) is 43.9 Å². The van der Waals surface area contributed by atoms with Gasteiger partial charge in [-0.1, -0.05) is 12.8 Å². The Morgan fingerprint density at radius 3 is 2.93 bits per heavy atom. The molecule has 1 fully saturated rings. The van der Waals surface area contributed by atoms with Crippen LogP contribution in [0.4, 0.5) is 0 Å². The Hall–Kier alpha value is -0.500. The average molecular weight is 227 g/mol. The fourth-order valence-electron chi connectivity index (χ4n) is 2.44. The van der Waals surface area contributed by atoms with Crippen LogP contribution in [-0.4, -0.2) is 15.2 Å². The van der Waals surface area contributed by atoms with E-state index < -0.39 is 0 Å². The topological polar surface area (TPSA) is 17.8 Å². The second kappa shape index (κ2) is 5.02. The molecule has 1 saturated carbocycles. The molecular formula is C12H19ClN2. The summed E-state index contributed by atoms with van der Waals surface area (Å²) in [5.74, 6) is 0.723. The Labute approximate surface area is 96.6 Å². The van der Waals surface area contributed by atoms with Gasteiger partial charge in [0, 0.05) is 18.6 Å². The van der Waals surface area contributed by atoms with Crippen LogP contribution in [0.1, 0.15) is 37.7 Å². The van der Waals surface area contributed by atoms with Crippen molar-refractivity contribution in [1.82, 2.24) is 9.78 Å². The minimum absolute atomic E-state index is 0.412. The number of rotatable bonds is 3. The molecular weight excluding hydrogens is 208 g/mol. The van der Waals surface area contributed by atoms with Gasteiger partial charge in [-0.05, 0) is 37.2 Å². The van der Waals surface area contributed by atoms with Crippen LogP contribution in [0.25, 0.3) is 0 Å². The second-order valence-electron chi connectivity index (χ2n) is 4.62. The molecule has 3 heteroatoms. The maximum Gasteiger partial charge on any atom is 0.0521 e. The summed E-state index contributed by atoms with van der Waals surface area (Å²) in [6.45, 7) is 0. The molecule has 0 bridgehead atoms. The second-order valence-corrected chi connectivity index (χ2v) is 5.18. The van der Waals surface area contributed by atoms with Gasteiger partial charge in [-0.15, -0.1) is 11.6 Å². The molecule has 0 amide bonds. The summed E-state index contributed by atoms with van der Waals surface area (Å²) in [5, 5.41) is 4.60. The van der Waals surface area contributed by atoms with E-state index in [2.05, 4.69) is 11.3 Å². The van der Waals surface area contributed by atoms with Gasteiger partial charge in [0.2, 0.25) is 0 Å². The molecule has 1 heterocycles. The zero-order valence-electron chi connectivity index (χ0n) is 9.32. The van der Waals surface area contributed by atoms with Crippen LogP contribution in [0.3, 0.4) is 0 Å². The lowest BCUT2D eigenvalue weighted by atomic mass is 9.85. The van der Waals surface area contributed by atoms with Gasteiger partial charge < -0.3 is 0 Å². The predicted octanol–water partition coefficient (Wildman–Crippen LogP) is 3.15. The van der Waals surface area contributed by atoms with E-state index in [0.29, 0.717) is 5.38 Å². The van der Waals surface area contributed by atoms with Crippen molar-refractivity contribution < 1.29 is 0 Å². The number of halogens is 1. The third kappa shape index (κ3) is 2.97. The molecule has 1 aliphatic rings. The Morgan fingerprint density at radius 2 is 2.27 bits per heavy atom. The molecule has 2 rings (SSSR count). The van der Waals surface area contributed by atoms with Crippen LogP contribution in [0.15, 0.2) is 12.4 Å². The highest BCUT2D eigenvalue weighted by molar-refractivity contribution is 6.20. The van der Waals surface area contributed by atoms with E-state index in [1.54, 1.807) is 0 Å². The molecule has 15 heavy (non-hydrogen) atoms. The molecule has 84 valence electrons. The highest BCUT2D eigenvalue weighted by Gasteiger charge is 2.22. The maximum atomic E-state index is 6.33. The molecule has 0 aliphatic heterocycles. The molecule has 2 unspecified atom stereocenters. The summed E-state index contributed by atoms with van der Waals surface area (Å²) in [6.07, 6.45) is 11.6. The first kappa shape index (κ1) is 11.0. The SMILES string of the molecule is Cn1cc(CCC2CCCCC2Cl)cn1. The Bertz CT molecular complexity index is 308. The summed E-state index contributed by atoms with van der Waals surface area (Å²) in [5.41, 5.74) is 1.34. The molecule has 2 atom stereocenters. The third-order valence-electron chi connectivity index (χ3n) is 3.38. The van der Waals surface area contributed by atoms with Crippen molar-refractivity contribution in [3.63, 3.8) is 0 Å². The van der Waals surface area contributed by atoms with Crippen molar-refractivity contribution >= 4 is 11.6 Å². The van der Waals surface area contributed by atoms with Crippen molar-refractivity contribution in [3.8, 4) is 0 Å². The lowest BCUT2D eigenvalue weighted by Crippen LogP contribution is -2.20. The molecule has 1 aromatic rings. The molecule has 0 N–H and O–H groups in total. The summed E-state index contributed by atoms with van der Waals surface area (Å²) in [4.78, 5) is 0. The minimum Gasteiger partial charge on any atom is -0.276 e. The Morgan fingerprint density at radius 1 is 1.47 bits per heavy atom. The van der Waals surface area contributed by atoms with E-state index in [1.165, 1.54) is 37.7 Å². The first-order valence-corrected chi connectivity index (χ1v) is 6.31. The summed E-state index contributed by atoms with van der Waals surface area (Å²) >= 11 is 6.33. The number of aromatic nitrogens is 2. The Kier molecular flexibility index (Phi) is 3.68. The molecule has 1 aromatic heterocycles. The van der Waals surface area contributed by atoms with Crippen LogP contribution < -0.4 is 0 Å². The van der Waals surface area contributed by atoms with Crippen LogP contribution >= 0.6 is 11.6 Å². The van der Waals surface area contributed by atoms with Gasteiger partial charge >= 0.3 is 0 Å². The highest BCUT2D eigenvalue weighted by Crippen LogP contribution is 2.31. The monoisotopic (exact) mass is 226 g/mol. The zero-order chi connectivity index (χ0) is 10.7. The largest absolute Gasteiger partial charge is 0.276 e. The van der Waals surface area contributed by atoms with Gasteiger partial charge in [-0.3, -0.25) is 4.68 Å². The van der Waals surface area contributed by atoms with Crippen LogP contribution in [0.5, 0.6) is 0 Å². The predicted molar refractivity (Wildman–Crippen MR) is 63.1 cm³/mol. The molecule has 1 aliphatic carbocycles. The van der Waals surface area contributed by atoms with Gasteiger partial charge in [0.15, 0.2) is 0 Å². The molecule has 0 spiro atoms. The normalized spacial score (nSPS) is 26.8. The Balaban J connectivity index is 1.81. The molecule has 0 aromatic carbocycles. The molecule has 2 nitrogen and oxygen atoms in total. The van der Waals surface area contributed by atoms with Crippen molar-refractivity contribution in [3.05, 3.63) is 18.0 Å². The lowest BCUT2D eigenvalue weighted by molar-refractivity contribution is 0.346. The van der Waals surface area contributed by atoms with E-state index in [4.69, 9.17) is 11.6 Å². The van der Waals surface area contributed by atoms with Crippen LogP contribution in [-0.2, 0) is 13.5 Å². The van der Waals surface area contributed by atoms with E-state index in [0.717, 1.165) is 12.3 Å². The van der Waals surface area contributed by atoms with Crippen LogP contribution in [0, 0.1) is 5.92 Å². The number of hydrogen-bond donors (Lipinski definition) is 0. The van der Waals surface area contributed by atoms with E-state index >= 15 is 0 Å². The number of aryl methyl sites for hydroxylation is 2. The molecule has 0 saturated heterocycles.